The van der Waals surface area contributed by atoms with E-state index in [0.717, 1.165) is 35.5 Å². The van der Waals surface area contributed by atoms with Crippen LogP contribution >= 0.6 is 0 Å². The Kier molecular flexibility index (Phi) is 4.50. The maximum Gasteiger partial charge on any atom is 0.315 e. The van der Waals surface area contributed by atoms with Crippen LogP contribution in [0.15, 0.2) is 35.7 Å². The fraction of sp³-hybridized carbons (Fsp3) is 0.412. The van der Waals surface area contributed by atoms with E-state index < -0.39 is 5.92 Å². The van der Waals surface area contributed by atoms with E-state index in [9.17, 15) is 4.79 Å². The molecule has 0 saturated carbocycles. The molecule has 120 valence electrons. The zero-order chi connectivity index (χ0) is 16.2. The van der Waals surface area contributed by atoms with E-state index in [1.807, 2.05) is 19.1 Å². The Morgan fingerprint density at radius 2 is 2.22 bits per heavy atom. The maximum atomic E-state index is 12.6. The molecule has 3 rings (SSSR count). The number of rotatable bonds is 5. The minimum Gasteiger partial charge on any atom is -0.465 e. The molecule has 2 unspecified atom stereocenters. The predicted molar refractivity (Wildman–Crippen MR) is 86.8 cm³/mol. The third kappa shape index (κ3) is 2.88. The lowest BCUT2D eigenvalue weighted by molar-refractivity contribution is -0.146. The number of hydrogen-bond donors (Lipinski definition) is 1. The van der Waals surface area contributed by atoms with Gasteiger partial charge >= 0.3 is 5.97 Å². The Bertz CT molecular complexity index is 708. The van der Waals surface area contributed by atoms with Crippen molar-refractivity contribution in [3.05, 3.63) is 41.9 Å². The molecule has 1 aliphatic heterocycles. The molecule has 2 aromatic rings. The average Bonchev–Trinajstić information content (AvgIpc) is 3.03. The highest BCUT2D eigenvalue weighted by Gasteiger charge is 2.40. The number of fused-ring (bicyclic) bond motifs is 1. The molecule has 1 N–H and O–H groups in total. The number of aromatic nitrogens is 3. The van der Waals surface area contributed by atoms with Gasteiger partial charge in [-0.3, -0.25) is 14.9 Å². The summed E-state index contributed by atoms with van der Waals surface area (Å²) in [6.07, 6.45) is 6.92. The maximum absolute atomic E-state index is 12.6. The van der Waals surface area contributed by atoms with Crippen LogP contribution < -0.4 is 0 Å². The molecule has 0 amide bonds. The van der Waals surface area contributed by atoms with E-state index in [4.69, 9.17) is 4.74 Å². The van der Waals surface area contributed by atoms with Gasteiger partial charge in [0.25, 0.3) is 0 Å². The second-order valence-corrected chi connectivity index (χ2v) is 5.52. The van der Waals surface area contributed by atoms with Gasteiger partial charge in [0.15, 0.2) is 5.82 Å². The highest BCUT2D eigenvalue weighted by atomic mass is 16.5. The lowest BCUT2D eigenvalue weighted by Gasteiger charge is -2.30. The summed E-state index contributed by atoms with van der Waals surface area (Å²) >= 11 is 0. The predicted octanol–water partition coefficient (Wildman–Crippen LogP) is 3.00. The number of carbonyl (C=O) groups is 1. The van der Waals surface area contributed by atoms with Crippen molar-refractivity contribution in [1.29, 1.82) is 0 Å². The SMILES string of the molecule is CCCC1=Nc2[nH]ncc2C(c2cccnc2)C1C(=O)OCC. The van der Waals surface area contributed by atoms with E-state index in [-0.39, 0.29) is 11.9 Å². The van der Waals surface area contributed by atoms with Gasteiger partial charge in [-0.05, 0) is 25.0 Å². The van der Waals surface area contributed by atoms with Crippen molar-refractivity contribution < 1.29 is 9.53 Å². The standard InChI is InChI=1S/C17H20N4O2/c1-3-6-13-15(17(22)23-4-2)14(11-7-5-8-18-9-11)12-10-19-21-16(12)20-13/h5,7-10,14-15H,3-4,6H2,1-2H3,(H,19,21). The summed E-state index contributed by atoms with van der Waals surface area (Å²) < 4.78 is 5.33. The number of aliphatic imine (C=N–C) groups is 1. The van der Waals surface area contributed by atoms with E-state index in [0.29, 0.717) is 6.61 Å². The van der Waals surface area contributed by atoms with Crippen molar-refractivity contribution in [2.75, 3.05) is 6.61 Å². The van der Waals surface area contributed by atoms with Crippen molar-refractivity contribution in [2.45, 2.75) is 32.6 Å². The Morgan fingerprint density at radius 3 is 2.91 bits per heavy atom. The third-order valence-electron chi connectivity index (χ3n) is 4.02. The molecule has 3 heterocycles. The van der Waals surface area contributed by atoms with Crippen LogP contribution in [0.1, 0.15) is 43.7 Å². The summed E-state index contributed by atoms with van der Waals surface area (Å²) in [5, 5.41) is 7.04. The zero-order valence-electron chi connectivity index (χ0n) is 13.3. The highest BCUT2D eigenvalue weighted by Crippen LogP contribution is 2.42. The van der Waals surface area contributed by atoms with E-state index in [2.05, 4.69) is 27.1 Å². The Hall–Kier alpha value is -2.50. The number of ether oxygens (including phenoxy) is 1. The number of carbonyl (C=O) groups excluding carboxylic acids is 1. The number of nitrogens with one attached hydrogen (secondary N) is 1. The van der Waals surface area contributed by atoms with Crippen molar-refractivity contribution in [2.24, 2.45) is 10.9 Å². The van der Waals surface area contributed by atoms with Gasteiger partial charge < -0.3 is 4.74 Å². The van der Waals surface area contributed by atoms with Crippen LogP contribution in [0, 0.1) is 5.92 Å². The largest absolute Gasteiger partial charge is 0.465 e. The first-order valence-corrected chi connectivity index (χ1v) is 7.93. The Labute approximate surface area is 135 Å². The molecule has 23 heavy (non-hydrogen) atoms. The average molecular weight is 312 g/mol. The van der Waals surface area contributed by atoms with Crippen LogP contribution in [0.25, 0.3) is 0 Å². The summed E-state index contributed by atoms with van der Waals surface area (Å²) in [7, 11) is 0. The van der Waals surface area contributed by atoms with E-state index in [1.54, 1.807) is 18.6 Å². The van der Waals surface area contributed by atoms with Crippen molar-refractivity contribution in [3.8, 4) is 0 Å². The molecule has 6 heteroatoms. The Morgan fingerprint density at radius 1 is 1.35 bits per heavy atom. The van der Waals surface area contributed by atoms with Gasteiger partial charge in [-0.15, -0.1) is 0 Å². The topological polar surface area (TPSA) is 80.2 Å². The third-order valence-corrected chi connectivity index (χ3v) is 4.02. The van der Waals surface area contributed by atoms with Gasteiger partial charge in [0.1, 0.15) is 5.92 Å². The lowest BCUT2D eigenvalue weighted by atomic mass is 9.76. The van der Waals surface area contributed by atoms with Crippen LogP contribution in [-0.2, 0) is 9.53 Å². The van der Waals surface area contributed by atoms with Crippen LogP contribution in [0.3, 0.4) is 0 Å². The molecule has 0 aromatic carbocycles. The van der Waals surface area contributed by atoms with E-state index >= 15 is 0 Å². The molecular formula is C17H20N4O2. The number of H-pyrrole nitrogens is 1. The molecule has 0 fully saturated rings. The van der Waals surface area contributed by atoms with Gasteiger partial charge in [-0.25, -0.2) is 4.99 Å². The smallest absolute Gasteiger partial charge is 0.315 e. The molecular weight excluding hydrogens is 292 g/mol. The minimum atomic E-state index is -0.427. The first-order chi connectivity index (χ1) is 11.3. The van der Waals surface area contributed by atoms with Crippen LogP contribution in [0.4, 0.5) is 5.82 Å². The molecule has 0 radical (unpaired) electrons. The van der Waals surface area contributed by atoms with E-state index in [1.165, 1.54) is 0 Å². The molecule has 6 nitrogen and oxygen atoms in total. The number of aromatic amines is 1. The summed E-state index contributed by atoms with van der Waals surface area (Å²) in [4.78, 5) is 21.5. The normalized spacial score (nSPS) is 19.8. The molecule has 0 aliphatic carbocycles. The van der Waals surface area contributed by atoms with Gasteiger partial charge in [0.05, 0.1) is 12.8 Å². The summed E-state index contributed by atoms with van der Waals surface area (Å²) in [5.41, 5.74) is 2.73. The highest BCUT2D eigenvalue weighted by molar-refractivity contribution is 6.06. The number of esters is 1. The molecule has 2 atom stereocenters. The number of hydrogen-bond acceptors (Lipinski definition) is 5. The monoisotopic (exact) mass is 312 g/mol. The van der Waals surface area contributed by atoms with Crippen molar-refractivity contribution >= 4 is 17.5 Å². The lowest BCUT2D eigenvalue weighted by Crippen LogP contribution is -2.34. The van der Waals surface area contributed by atoms with Crippen molar-refractivity contribution in [1.82, 2.24) is 15.2 Å². The van der Waals surface area contributed by atoms with Crippen molar-refractivity contribution in [3.63, 3.8) is 0 Å². The van der Waals surface area contributed by atoms with Gasteiger partial charge in [-0.1, -0.05) is 19.4 Å². The van der Waals surface area contributed by atoms with Gasteiger partial charge in [-0.2, -0.15) is 5.10 Å². The number of pyridine rings is 1. The molecule has 0 bridgehead atoms. The summed E-state index contributed by atoms with van der Waals surface area (Å²) in [5.74, 6) is -0.108. The Balaban J connectivity index is 2.12. The quantitative estimate of drug-likeness (QED) is 0.861. The van der Waals surface area contributed by atoms with Gasteiger partial charge in [0, 0.05) is 29.6 Å². The van der Waals surface area contributed by atoms with Crippen LogP contribution in [-0.4, -0.2) is 33.5 Å². The summed E-state index contributed by atoms with van der Waals surface area (Å²) in [6, 6.07) is 3.86. The number of nitrogens with zero attached hydrogens (tertiary/aromatic N) is 3. The molecule has 2 aromatic heterocycles. The fourth-order valence-electron chi connectivity index (χ4n) is 3.09. The second-order valence-electron chi connectivity index (χ2n) is 5.52. The molecule has 0 spiro atoms. The van der Waals surface area contributed by atoms with Crippen LogP contribution in [0.2, 0.25) is 0 Å². The zero-order valence-corrected chi connectivity index (χ0v) is 13.3. The molecule has 1 aliphatic rings. The molecule has 0 saturated heterocycles. The van der Waals surface area contributed by atoms with Crippen LogP contribution in [0.5, 0.6) is 0 Å². The first kappa shape index (κ1) is 15.4. The first-order valence-electron chi connectivity index (χ1n) is 7.93. The summed E-state index contributed by atoms with van der Waals surface area (Å²) in [6.45, 7) is 4.25. The fourth-order valence-corrected chi connectivity index (χ4v) is 3.09. The van der Waals surface area contributed by atoms with Gasteiger partial charge in [0.2, 0.25) is 0 Å². The second kappa shape index (κ2) is 6.73. The minimum absolute atomic E-state index is 0.171.